The Bertz CT molecular complexity index is 1410. The summed E-state index contributed by atoms with van der Waals surface area (Å²) >= 11 is 0. The number of piperidine rings is 1. The Labute approximate surface area is 211 Å². The Morgan fingerprint density at radius 2 is 1.78 bits per heavy atom. The van der Waals surface area contributed by atoms with Gasteiger partial charge in [-0.3, -0.25) is 25.0 Å². The van der Waals surface area contributed by atoms with E-state index < -0.39 is 54.3 Å². The zero-order chi connectivity index (χ0) is 26.6. The largest absolute Gasteiger partial charge is 0.497 e. The van der Waals surface area contributed by atoms with E-state index in [0.29, 0.717) is 48.9 Å². The third kappa shape index (κ3) is 3.78. The molecule has 0 saturated carbocycles. The highest BCUT2D eigenvalue weighted by atomic mass is 32.2. The maximum absolute atomic E-state index is 14.0. The molecule has 37 heavy (non-hydrogen) atoms. The molecular formula is C23H24N4O9S. The van der Waals surface area contributed by atoms with Gasteiger partial charge in [-0.15, -0.1) is 0 Å². The van der Waals surface area contributed by atoms with E-state index in [1.165, 1.54) is 14.2 Å². The number of methoxy groups -OCH3 is 2. The van der Waals surface area contributed by atoms with Gasteiger partial charge in [-0.25, -0.2) is 8.42 Å². The summed E-state index contributed by atoms with van der Waals surface area (Å²) in [6, 6.07) is 3.54. The molecule has 3 aliphatic heterocycles. The fourth-order valence-electron chi connectivity index (χ4n) is 5.83. The second kappa shape index (κ2) is 8.95. The van der Waals surface area contributed by atoms with E-state index in [0.717, 1.165) is 22.0 Å². The maximum atomic E-state index is 14.0. The molecule has 0 aliphatic carbocycles. The highest BCUT2D eigenvalue weighted by molar-refractivity contribution is 7.89. The number of benzene rings is 2. The zero-order valence-electron chi connectivity index (χ0n) is 20.0. The van der Waals surface area contributed by atoms with Gasteiger partial charge in [0.25, 0.3) is 21.4 Å². The van der Waals surface area contributed by atoms with Crippen molar-refractivity contribution in [3.8, 4) is 11.5 Å². The van der Waals surface area contributed by atoms with Gasteiger partial charge in [0.05, 0.1) is 42.2 Å². The van der Waals surface area contributed by atoms with Gasteiger partial charge in [-0.05, 0) is 43.4 Å². The highest BCUT2D eigenvalue weighted by Gasteiger charge is 2.56. The van der Waals surface area contributed by atoms with Crippen LogP contribution in [0.1, 0.15) is 36.4 Å². The number of nitro groups is 2. The normalized spacial score (nSPS) is 23.1. The van der Waals surface area contributed by atoms with Crippen molar-refractivity contribution < 1.29 is 32.5 Å². The summed E-state index contributed by atoms with van der Waals surface area (Å²) in [5, 5.41) is 22.9. The number of rotatable bonds is 6. The van der Waals surface area contributed by atoms with Crippen molar-refractivity contribution in [1.29, 1.82) is 0 Å². The van der Waals surface area contributed by atoms with Gasteiger partial charge >= 0.3 is 0 Å². The lowest BCUT2D eigenvalue weighted by atomic mass is 9.79. The number of fused-ring (bicyclic) bond motifs is 6. The van der Waals surface area contributed by atoms with Crippen molar-refractivity contribution in [2.45, 2.75) is 48.7 Å². The molecule has 2 aromatic rings. The topological polar surface area (TPSA) is 162 Å². The van der Waals surface area contributed by atoms with E-state index in [-0.39, 0.29) is 12.3 Å². The first kappa shape index (κ1) is 24.9. The summed E-state index contributed by atoms with van der Waals surface area (Å²) in [6.45, 7) is 0.380. The van der Waals surface area contributed by atoms with Crippen LogP contribution in [-0.2, 0) is 21.2 Å². The fraction of sp³-hybridized carbons (Fsp3) is 0.435. The molecule has 2 aromatic carbocycles. The van der Waals surface area contributed by atoms with E-state index in [2.05, 4.69) is 0 Å². The van der Waals surface area contributed by atoms with Crippen LogP contribution in [0.3, 0.4) is 0 Å². The number of nitro benzene ring substituents is 2. The highest BCUT2D eigenvalue weighted by Crippen LogP contribution is 2.50. The second-order valence-electron chi connectivity index (χ2n) is 9.14. The summed E-state index contributed by atoms with van der Waals surface area (Å²) in [5.41, 5.74) is 0.0414. The minimum absolute atomic E-state index is 0.269. The molecule has 3 aliphatic rings. The van der Waals surface area contributed by atoms with Crippen LogP contribution in [0.5, 0.6) is 11.5 Å². The van der Waals surface area contributed by atoms with Crippen molar-refractivity contribution in [2.75, 3.05) is 20.8 Å². The summed E-state index contributed by atoms with van der Waals surface area (Å²) in [6.07, 6.45) is 1.81. The van der Waals surface area contributed by atoms with E-state index in [1.807, 2.05) is 6.07 Å². The molecule has 196 valence electrons. The van der Waals surface area contributed by atoms with Crippen molar-refractivity contribution in [2.24, 2.45) is 0 Å². The summed E-state index contributed by atoms with van der Waals surface area (Å²) < 4.78 is 40.1. The zero-order valence-corrected chi connectivity index (χ0v) is 20.8. The molecule has 5 rings (SSSR count). The average molecular weight is 533 g/mol. The van der Waals surface area contributed by atoms with E-state index in [9.17, 15) is 33.4 Å². The fourth-order valence-corrected chi connectivity index (χ4v) is 7.81. The molecule has 14 heteroatoms. The molecule has 0 spiro atoms. The predicted octanol–water partition coefficient (Wildman–Crippen LogP) is 2.57. The first-order chi connectivity index (χ1) is 17.6. The molecule has 0 N–H and O–H groups in total. The second-order valence-corrected chi connectivity index (χ2v) is 11.0. The van der Waals surface area contributed by atoms with E-state index in [4.69, 9.17) is 9.47 Å². The SMILES string of the molecule is COc1cc2c(c(OC)c1)C1C3CCCC(C(=O)N1CC2)N3S(=O)(=O)c1ccc([N+](=O)[O-])cc1[N+](=O)[O-]. The predicted molar refractivity (Wildman–Crippen MR) is 128 cm³/mol. The lowest BCUT2D eigenvalue weighted by Gasteiger charge is -2.54. The number of hydrogen-bond donors (Lipinski definition) is 0. The number of carbonyl (C=O) groups is 1. The Hall–Kier alpha value is -3.78. The molecule has 3 atom stereocenters. The molecule has 13 nitrogen and oxygen atoms in total. The molecule has 2 fully saturated rings. The van der Waals surface area contributed by atoms with Crippen LogP contribution < -0.4 is 9.47 Å². The van der Waals surface area contributed by atoms with Crippen LogP contribution >= 0.6 is 0 Å². The van der Waals surface area contributed by atoms with Crippen molar-refractivity contribution in [3.05, 3.63) is 61.7 Å². The Kier molecular flexibility index (Phi) is 6.02. The monoisotopic (exact) mass is 532 g/mol. The summed E-state index contributed by atoms with van der Waals surface area (Å²) in [5.74, 6) is 0.649. The molecular weight excluding hydrogens is 508 g/mol. The van der Waals surface area contributed by atoms with Crippen LogP contribution in [0.25, 0.3) is 0 Å². The number of hydrogen-bond acceptors (Lipinski definition) is 9. The van der Waals surface area contributed by atoms with Gasteiger partial charge < -0.3 is 14.4 Å². The van der Waals surface area contributed by atoms with Gasteiger partial charge in [-0.2, -0.15) is 4.31 Å². The lowest BCUT2D eigenvalue weighted by Crippen LogP contribution is -2.67. The lowest BCUT2D eigenvalue weighted by molar-refractivity contribution is -0.396. The van der Waals surface area contributed by atoms with Gasteiger partial charge in [0.2, 0.25) is 5.91 Å². The number of nitrogens with zero attached hydrogens (tertiary/aromatic N) is 4. The minimum Gasteiger partial charge on any atom is -0.497 e. The number of carbonyl (C=O) groups excluding carboxylic acids is 1. The molecule has 3 heterocycles. The summed E-state index contributed by atoms with van der Waals surface area (Å²) in [4.78, 5) is 35.8. The molecule has 2 saturated heterocycles. The third-order valence-electron chi connectivity index (χ3n) is 7.36. The summed E-state index contributed by atoms with van der Waals surface area (Å²) in [7, 11) is -1.59. The number of piperazine rings is 1. The van der Waals surface area contributed by atoms with Gasteiger partial charge in [0.15, 0.2) is 4.90 Å². The maximum Gasteiger partial charge on any atom is 0.296 e. The molecule has 3 unspecified atom stereocenters. The quantitative estimate of drug-likeness (QED) is 0.402. The average Bonchev–Trinajstić information content (AvgIpc) is 2.89. The van der Waals surface area contributed by atoms with Crippen LogP contribution in [-0.4, -0.2) is 66.2 Å². The van der Waals surface area contributed by atoms with Crippen molar-refractivity contribution >= 4 is 27.3 Å². The Balaban J connectivity index is 1.68. The van der Waals surface area contributed by atoms with Gasteiger partial charge in [0.1, 0.15) is 17.5 Å². The van der Waals surface area contributed by atoms with E-state index >= 15 is 0 Å². The van der Waals surface area contributed by atoms with Gasteiger partial charge in [-0.1, -0.05) is 0 Å². The van der Waals surface area contributed by atoms with Crippen LogP contribution in [0.4, 0.5) is 11.4 Å². The van der Waals surface area contributed by atoms with Crippen LogP contribution in [0, 0.1) is 20.2 Å². The standard InChI is InChI=1S/C23H24N4O9S/c1-35-15-10-13-8-9-24-22(21(13)19(12-15)36-2)16-4-3-5-17(23(24)28)25(16)37(33,34)20-7-6-14(26(29)30)11-18(20)27(31)32/h6-7,10-12,16-17,22H,3-5,8-9H2,1-2H3. The number of ether oxygens (including phenoxy) is 2. The molecule has 2 bridgehead atoms. The Morgan fingerprint density at radius 3 is 2.43 bits per heavy atom. The number of amides is 1. The first-order valence-electron chi connectivity index (χ1n) is 11.6. The molecule has 0 aromatic heterocycles. The number of sulfonamides is 1. The van der Waals surface area contributed by atoms with Crippen molar-refractivity contribution in [1.82, 2.24) is 9.21 Å². The number of non-ortho nitro benzene ring substituents is 1. The van der Waals surface area contributed by atoms with Crippen LogP contribution in [0.15, 0.2) is 35.2 Å². The Morgan fingerprint density at radius 1 is 1.03 bits per heavy atom. The van der Waals surface area contributed by atoms with Crippen LogP contribution in [0.2, 0.25) is 0 Å². The third-order valence-corrected chi connectivity index (χ3v) is 9.34. The smallest absolute Gasteiger partial charge is 0.296 e. The first-order valence-corrected chi connectivity index (χ1v) is 13.1. The van der Waals surface area contributed by atoms with E-state index in [1.54, 1.807) is 11.0 Å². The molecule has 1 amide bonds. The van der Waals surface area contributed by atoms with Crippen molar-refractivity contribution in [3.63, 3.8) is 0 Å². The molecule has 0 radical (unpaired) electrons. The minimum atomic E-state index is -4.60. The van der Waals surface area contributed by atoms with Gasteiger partial charge in [0, 0.05) is 24.2 Å².